The zero-order chi connectivity index (χ0) is 8.39. The molecule has 64 valence electrons. The van der Waals surface area contributed by atoms with Gasteiger partial charge in [0.2, 0.25) is 5.91 Å². The molecule has 12 heavy (non-hydrogen) atoms. The van der Waals surface area contributed by atoms with Crippen LogP contribution in [0.2, 0.25) is 0 Å². The molecule has 1 aromatic heterocycles. The lowest BCUT2D eigenvalue weighted by Crippen LogP contribution is -2.43. The van der Waals surface area contributed by atoms with E-state index in [-0.39, 0.29) is 5.91 Å². The first kappa shape index (κ1) is 7.27. The zero-order valence-corrected chi connectivity index (χ0v) is 6.68. The largest absolute Gasteiger partial charge is 0.341 e. The topological polar surface area (TPSA) is 51.0 Å². The Kier molecular flexibility index (Phi) is 1.77. The van der Waals surface area contributed by atoms with Gasteiger partial charge in [0.05, 0.1) is 6.20 Å². The van der Waals surface area contributed by atoms with Crippen LogP contribution in [0.5, 0.6) is 0 Å². The van der Waals surface area contributed by atoms with Gasteiger partial charge in [-0.2, -0.15) is 0 Å². The van der Waals surface area contributed by atoms with Gasteiger partial charge < -0.3 is 4.90 Å². The fraction of sp³-hybridized carbons (Fsp3) is 0.571. The van der Waals surface area contributed by atoms with Crippen molar-refractivity contribution in [3.8, 4) is 0 Å². The van der Waals surface area contributed by atoms with E-state index in [4.69, 9.17) is 0 Å². The molecule has 0 atom stereocenters. The molecule has 1 aromatic rings. The van der Waals surface area contributed by atoms with Crippen molar-refractivity contribution in [2.24, 2.45) is 0 Å². The van der Waals surface area contributed by atoms with Crippen LogP contribution >= 0.6 is 0 Å². The van der Waals surface area contributed by atoms with Gasteiger partial charge in [-0.25, -0.2) is 4.68 Å². The van der Waals surface area contributed by atoms with Crippen molar-refractivity contribution in [2.45, 2.75) is 13.0 Å². The van der Waals surface area contributed by atoms with Gasteiger partial charge >= 0.3 is 0 Å². The highest BCUT2D eigenvalue weighted by molar-refractivity contribution is 5.76. The Morgan fingerprint density at radius 1 is 1.50 bits per heavy atom. The van der Waals surface area contributed by atoms with Crippen LogP contribution in [0, 0.1) is 0 Å². The van der Waals surface area contributed by atoms with Crippen molar-refractivity contribution in [1.82, 2.24) is 19.9 Å². The van der Waals surface area contributed by atoms with Crippen LogP contribution in [0.25, 0.3) is 0 Å². The minimum Gasteiger partial charge on any atom is -0.341 e. The van der Waals surface area contributed by atoms with E-state index in [1.54, 1.807) is 17.1 Å². The molecule has 0 unspecified atom stereocenters. The van der Waals surface area contributed by atoms with Gasteiger partial charge in [-0.15, -0.1) is 5.10 Å². The minimum absolute atomic E-state index is 0.131. The second kappa shape index (κ2) is 2.92. The fourth-order valence-corrected chi connectivity index (χ4v) is 1.12. The maximum Gasteiger partial charge on any atom is 0.244 e. The summed E-state index contributed by atoms with van der Waals surface area (Å²) in [5, 5.41) is 7.34. The van der Waals surface area contributed by atoms with Gasteiger partial charge in [-0.1, -0.05) is 5.21 Å². The lowest BCUT2D eigenvalue weighted by Gasteiger charge is -2.30. The molecule has 5 nitrogen and oxygen atoms in total. The van der Waals surface area contributed by atoms with Crippen LogP contribution < -0.4 is 0 Å². The van der Waals surface area contributed by atoms with Gasteiger partial charge in [0.15, 0.2) is 0 Å². The summed E-state index contributed by atoms with van der Waals surface area (Å²) in [5.41, 5.74) is 0. The van der Waals surface area contributed by atoms with Crippen molar-refractivity contribution in [1.29, 1.82) is 0 Å². The van der Waals surface area contributed by atoms with Gasteiger partial charge in [0.1, 0.15) is 6.54 Å². The highest BCUT2D eigenvalue weighted by Gasteiger charge is 2.19. The molecule has 1 saturated heterocycles. The first-order valence-corrected chi connectivity index (χ1v) is 3.98. The molecular weight excluding hydrogens is 156 g/mol. The van der Waals surface area contributed by atoms with E-state index in [0.717, 1.165) is 19.5 Å². The number of hydrogen-bond acceptors (Lipinski definition) is 3. The summed E-state index contributed by atoms with van der Waals surface area (Å²) in [6.07, 6.45) is 4.39. The zero-order valence-electron chi connectivity index (χ0n) is 6.68. The van der Waals surface area contributed by atoms with Crippen LogP contribution in [0.4, 0.5) is 0 Å². The standard InChI is InChI=1S/C7H10N4O/c12-7(10-3-1-4-10)6-11-5-2-8-9-11/h2,5H,1,3-4,6H2. The first-order chi connectivity index (χ1) is 5.86. The molecule has 0 aromatic carbocycles. The second-order valence-electron chi connectivity index (χ2n) is 2.83. The van der Waals surface area contributed by atoms with Gasteiger partial charge in [-0.05, 0) is 6.42 Å². The molecule has 1 amide bonds. The van der Waals surface area contributed by atoms with Crippen LogP contribution in [-0.2, 0) is 11.3 Å². The van der Waals surface area contributed by atoms with E-state index in [9.17, 15) is 4.79 Å². The van der Waals surface area contributed by atoms with Gasteiger partial charge in [0.25, 0.3) is 0 Å². The molecular formula is C7H10N4O. The Morgan fingerprint density at radius 2 is 2.33 bits per heavy atom. The quantitative estimate of drug-likeness (QED) is 0.595. The van der Waals surface area contributed by atoms with Gasteiger partial charge in [0, 0.05) is 19.3 Å². The molecule has 0 bridgehead atoms. The molecule has 1 aliphatic heterocycles. The predicted molar refractivity (Wildman–Crippen MR) is 41.2 cm³/mol. The Morgan fingerprint density at radius 3 is 2.83 bits per heavy atom. The van der Waals surface area contributed by atoms with Crippen LogP contribution in [-0.4, -0.2) is 38.9 Å². The lowest BCUT2D eigenvalue weighted by molar-refractivity contribution is -0.135. The summed E-state index contributed by atoms with van der Waals surface area (Å²) in [5.74, 6) is 0.131. The molecule has 1 fully saturated rings. The lowest BCUT2D eigenvalue weighted by atomic mass is 10.2. The smallest absolute Gasteiger partial charge is 0.244 e. The first-order valence-electron chi connectivity index (χ1n) is 3.98. The van der Waals surface area contributed by atoms with E-state index >= 15 is 0 Å². The third-order valence-corrected chi connectivity index (χ3v) is 1.98. The average Bonchev–Trinajstić information content (AvgIpc) is 2.34. The molecule has 0 radical (unpaired) electrons. The van der Waals surface area contributed by atoms with Crippen LogP contribution in [0.1, 0.15) is 6.42 Å². The Balaban J connectivity index is 1.90. The summed E-state index contributed by atoms with van der Waals surface area (Å²) in [4.78, 5) is 13.2. The van der Waals surface area contributed by atoms with E-state index in [2.05, 4.69) is 10.3 Å². The summed E-state index contributed by atoms with van der Waals surface area (Å²) >= 11 is 0. The van der Waals surface area contributed by atoms with Crippen LogP contribution in [0.3, 0.4) is 0 Å². The number of hydrogen-bond donors (Lipinski definition) is 0. The highest BCUT2D eigenvalue weighted by Crippen LogP contribution is 2.06. The van der Waals surface area contributed by atoms with Crippen molar-refractivity contribution in [3.63, 3.8) is 0 Å². The van der Waals surface area contributed by atoms with Gasteiger partial charge in [-0.3, -0.25) is 4.79 Å². The average molecular weight is 166 g/mol. The Bertz CT molecular complexity index is 265. The fourth-order valence-electron chi connectivity index (χ4n) is 1.12. The molecule has 2 rings (SSSR count). The van der Waals surface area contributed by atoms with Crippen molar-refractivity contribution < 1.29 is 4.79 Å². The van der Waals surface area contributed by atoms with E-state index in [0.29, 0.717) is 6.54 Å². The second-order valence-corrected chi connectivity index (χ2v) is 2.83. The molecule has 5 heteroatoms. The maximum absolute atomic E-state index is 11.3. The van der Waals surface area contributed by atoms with Crippen molar-refractivity contribution >= 4 is 5.91 Å². The predicted octanol–water partition coefficient (Wildman–Crippen LogP) is -0.490. The number of nitrogens with zero attached hydrogens (tertiary/aromatic N) is 4. The number of aromatic nitrogens is 3. The molecule has 1 aliphatic rings. The maximum atomic E-state index is 11.3. The van der Waals surface area contributed by atoms with Crippen LogP contribution in [0.15, 0.2) is 12.4 Å². The molecule has 0 spiro atoms. The SMILES string of the molecule is O=C(Cn1ccnn1)N1CCC1. The summed E-state index contributed by atoms with van der Waals surface area (Å²) in [6.45, 7) is 2.11. The molecule has 2 heterocycles. The van der Waals surface area contributed by atoms with Crippen molar-refractivity contribution in [3.05, 3.63) is 12.4 Å². The minimum atomic E-state index is 0.131. The monoisotopic (exact) mass is 166 g/mol. The number of rotatable bonds is 2. The Hall–Kier alpha value is -1.39. The summed E-state index contributed by atoms with van der Waals surface area (Å²) in [7, 11) is 0. The molecule has 0 saturated carbocycles. The number of carbonyl (C=O) groups is 1. The summed E-state index contributed by atoms with van der Waals surface area (Å²) in [6, 6.07) is 0. The van der Waals surface area contributed by atoms with E-state index < -0.39 is 0 Å². The van der Waals surface area contributed by atoms with E-state index in [1.807, 2.05) is 4.90 Å². The highest BCUT2D eigenvalue weighted by atomic mass is 16.2. The van der Waals surface area contributed by atoms with E-state index in [1.165, 1.54) is 0 Å². The number of amides is 1. The molecule has 0 aliphatic carbocycles. The number of carbonyl (C=O) groups excluding carboxylic acids is 1. The Labute approximate surface area is 70.0 Å². The summed E-state index contributed by atoms with van der Waals surface area (Å²) < 4.78 is 1.54. The number of likely N-dealkylation sites (tertiary alicyclic amines) is 1. The third kappa shape index (κ3) is 1.30. The normalized spacial score (nSPS) is 15.8. The third-order valence-electron chi connectivity index (χ3n) is 1.98. The van der Waals surface area contributed by atoms with Crippen molar-refractivity contribution in [2.75, 3.05) is 13.1 Å². The molecule has 0 N–H and O–H groups in total.